The first-order chi connectivity index (χ1) is 15.9. The number of amides is 1. The van der Waals surface area contributed by atoms with Gasteiger partial charge in [0.1, 0.15) is 11.4 Å². The molecule has 0 radical (unpaired) electrons. The molecule has 0 spiro atoms. The van der Waals surface area contributed by atoms with Crippen LogP contribution in [0.25, 0.3) is 32.2 Å². The molecule has 5 rings (SSSR count). The highest BCUT2D eigenvalue weighted by Gasteiger charge is 2.18. The zero-order valence-electron chi connectivity index (χ0n) is 17.9. The third-order valence-electron chi connectivity index (χ3n) is 5.48. The molecule has 0 aliphatic heterocycles. The van der Waals surface area contributed by atoms with Crippen LogP contribution in [-0.4, -0.2) is 25.5 Å². The van der Waals surface area contributed by atoms with Crippen LogP contribution in [0.2, 0.25) is 0 Å². The Morgan fingerprint density at radius 1 is 1.15 bits per heavy atom. The molecule has 0 aliphatic rings. The van der Waals surface area contributed by atoms with E-state index in [1.165, 1.54) is 22.2 Å². The summed E-state index contributed by atoms with van der Waals surface area (Å²) >= 11 is 1.45. The van der Waals surface area contributed by atoms with Crippen molar-refractivity contribution in [1.29, 1.82) is 0 Å². The van der Waals surface area contributed by atoms with Crippen molar-refractivity contribution in [2.75, 3.05) is 0 Å². The molecule has 164 valence electrons. The topological polar surface area (TPSA) is 113 Å². The van der Waals surface area contributed by atoms with Gasteiger partial charge in [-0.3, -0.25) is 14.2 Å². The number of azo groups is 1. The summed E-state index contributed by atoms with van der Waals surface area (Å²) in [4.78, 5) is 34.6. The standard InChI is InChI=1S/C24H19N5O3S/c1-13-7-6-10-16-20(13)26-22(31)21(16)28-27-17(30)11-29-12-25-23-19(24(29)32)18(14(2)33-23)15-8-4-3-5-9-15/h3-10,12,26,31H,11H2,1-2H3. The third kappa shape index (κ3) is 3.62. The molecule has 33 heavy (non-hydrogen) atoms. The van der Waals surface area contributed by atoms with E-state index in [2.05, 4.69) is 20.2 Å². The van der Waals surface area contributed by atoms with Crippen molar-refractivity contribution in [3.63, 3.8) is 0 Å². The van der Waals surface area contributed by atoms with Gasteiger partial charge in [-0.05, 0) is 25.0 Å². The number of H-pyrrole nitrogens is 1. The molecule has 0 atom stereocenters. The Morgan fingerprint density at radius 3 is 2.73 bits per heavy atom. The van der Waals surface area contributed by atoms with E-state index in [9.17, 15) is 14.7 Å². The fourth-order valence-corrected chi connectivity index (χ4v) is 4.93. The summed E-state index contributed by atoms with van der Waals surface area (Å²) in [6.07, 6.45) is 1.36. The number of rotatable bonds is 4. The van der Waals surface area contributed by atoms with Gasteiger partial charge in [-0.1, -0.05) is 48.5 Å². The lowest BCUT2D eigenvalue weighted by atomic mass is 10.0. The number of nitrogens with one attached hydrogen (secondary N) is 1. The second-order valence-corrected chi connectivity index (χ2v) is 8.87. The van der Waals surface area contributed by atoms with Crippen molar-refractivity contribution < 1.29 is 9.90 Å². The average molecular weight is 458 g/mol. The van der Waals surface area contributed by atoms with Gasteiger partial charge in [-0.25, -0.2) is 4.98 Å². The molecule has 0 aliphatic carbocycles. The normalized spacial score (nSPS) is 11.7. The number of carbonyl (C=O) groups excluding carboxylic acids is 1. The second kappa shape index (κ2) is 8.10. The number of carbonyl (C=O) groups is 1. The minimum atomic E-state index is -0.632. The summed E-state index contributed by atoms with van der Waals surface area (Å²) in [6.45, 7) is 3.54. The highest BCUT2D eigenvalue weighted by molar-refractivity contribution is 7.19. The van der Waals surface area contributed by atoms with Crippen molar-refractivity contribution in [2.24, 2.45) is 10.2 Å². The lowest BCUT2D eigenvalue weighted by Crippen LogP contribution is -2.23. The van der Waals surface area contributed by atoms with Gasteiger partial charge in [-0.15, -0.1) is 21.6 Å². The summed E-state index contributed by atoms with van der Waals surface area (Å²) < 4.78 is 1.24. The molecule has 3 heterocycles. The molecule has 0 unspecified atom stereocenters. The van der Waals surface area contributed by atoms with Crippen LogP contribution in [-0.2, 0) is 11.3 Å². The molecule has 2 N–H and O–H groups in total. The third-order valence-corrected chi connectivity index (χ3v) is 6.49. The Bertz CT molecular complexity index is 1610. The first-order valence-corrected chi connectivity index (χ1v) is 11.0. The van der Waals surface area contributed by atoms with Crippen molar-refractivity contribution >= 4 is 44.1 Å². The van der Waals surface area contributed by atoms with Gasteiger partial charge in [0.15, 0.2) is 5.69 Å². The van der Waals surface area contributed by atoms with E-state index in [0.29, 0.717) is 15.6 Å². The van der Waals surface area contributed by atoms with Gasteiger partial charge in [-0.2, -0.15) is 0 Å². The number of para-hydroxylation sites is 1. The zero-order valence-corrected chi connectivity index (χ0v) is 18.7. The van der Waals surface area contributed by atoms with Gasteiger partial charge >= 0.3 is 0 Å². The second-order valence-electron chi connectivity index (χ2n) is 7.67. The minimum absolute atomic E-state index is 0.169. The van der Waals surface area contributed by atoms with Gasteiger partial charge < -0.3 is 10.1 Å². The number of nitrogens with zero attached hydrogens (tertiary/aromatic N) is 4. The summed E-state index contributed by atoms with van der Waals surface area (Å²) in [5.74, 6) is -0.801. The Morgan fingerprint density at radius 2 is 1.94 bits per heavy atom. The molecule has 8 nitrogen and oxygen atoms in total. The number of aromatic hydroxyl groups is 1. The quantitative estimate of drug-likeness (QED) is 0.359. The molecule has 1 amide bonds. The monoisotopic (exact) mass is 457 g/mol. The summed E-state index contributed by atoms with van der Waals surface area (Å²) in [7, 11) is 0. The molecule has 2 aromatic carbocycles. The molecular formula is C24H19N5O3S. The first-order valence-electron chi connectivity index (χ1n) is 10.2. The SMILES string of the molecule is Cc1sc2ncn(CC(=O)N=Nc3c(O)[nH]c4c(C)cccc34)c(=O)c2c1-c1ccccc1. The van der Waals surface area contributed by atoms with E-state index in [1.807, 2.05) is 56.3 Å². The van der Waals surface area contributed by atoms with E-state index in [0.717, 1.165) is 27.1 Å². The fraction of sp³-hybridized carbons (Fsp3) is 0.125. The lowest BCUT2D eigenvalue weighted by molar-refractivity contribution is -0.118. The van der Waals surface area contributed by atoms with Crippen LogP contribution in [0.15, 0.2) is 69.9 Å². The van der Waals surface area contributed by atoms with Crippen LogP contribution in [0.4, 0.5) is 5.69 Å². The van der Waals surface area contributed by atoms with Crippen molar-refractivity contribution in [2.45, 2.75) is 20.4 Å². The lowest BCUT2D eigenvalue weighted by Gasteiger charge is -2.04. The highest BCUT2D eigenvalue weighted by Crippen LogP contribution is 2.37. The van der Waals surface area contributed by atoms with E-state index in [1.54, 1.807) is 6.07 Å². The van der Waals surface area contributed by atoms with Crippen molar-refractivity contribution in [1.82, 2.24) is 14.5 Å². The number of hydrogen-bond donors (Lipinski definition) is 2. The molecule has 3 aromatic heterocycles. The van der Waals surface area contributed by atoms with Crippen LogP contribution in [0.5, 0.6) is 5.88 Å². The number of thiophene rings is 1. The van der Waals surface area contributed by atoms with Crippen molar-refractivity contribution in [3.8, 4) is 17.0 Å². The molecule has 9 heteroatoms. The van der Waals surface area contributed by atoms with Crippen LogP contribution in [0.3, 0.4) is 0 Å². The van der Waals surface area contributed by atoms with E-state index < -0.39 is 5.91 Å². The zero-order chi connectivity index (χ0) is 23.1. The van der Waals surface area contributed by atoms with Gasteiger partial charge in [0.05, 0.1) is 17.2 Å². The summed E-state index contributed by atoms with van der Waals surface area (Å²) in [5.41, 5.74) is 3.29. The van der Waals surface area contributed by atoms with Crippen LogP contribution >= 0.6 is 11.3 Å². The number of fused-ring (bicyclic) bond motifs is 2. The molecular weight excluding hydrogens is 438 g/mol. The molecule has 0 bridgehead atoms. The Balaban J connectivity index is 1.48. The van der Waals surface area contributed by atoms with Crippen LogP contribution in [0, 0.1) is 13.8 Å². The van der Waals surface area contributed by atoms with Gasteiger partial charge in [0.2, 0.25) is 5.88 Å². The number of aromatic amines is 1. The van der Waals surface area contributed by atoms with Crippen LogP contribution < -0.4 is 5.56 Å². The summed E-state index contributed by atoms with van der Waals surface area (Å²) in [5, 5.41) is 19.0. The average Bonchev–Trinajstić information content (AvgIpc) is 3.32. The summed E-state index contributed by atoms with van der Waals surface area (Å²) in [6, 6.07) is 15.1. The molecule has 0 saturated carbocycles. The molecule has 0 saturated heterocycles. The van der Waals surface area contributed by atoms with Crippen LogP contribution in [0.1, 0.15) is 10.4 Å². The predicted octanol–water partition coefficient (Wildman–Crippen LogP) is 5.24. The molecule has 0 fully saturated rings. The van der Waals surface area contributed by atoms with E-state index in [4.69, 9.17) is 0 Å². The maximum Gasteiger partial charge on any atom is 0.284 e. The number of hydrogen-bond acceptors (Lipinski definition) is 6. The van der Waals surface area contributed by atoms with Gasteiger partial charge in [0.25, 0.3) is 11.5 Å². The number of aromatic nitrogens is 3. The molecule has 5 aromatic rings. The van der Waals surface area contributed by atoms with E-state index in [-0.39, 0.29) is 23.7 Å². The number of aryl methyl sites for hydroxylation is 2. The smallest absolute Gasteiger partial charge is 0.284 e. The highest BCUT2D eigenvalue weighted by atomic mass is 32.1. The Labute approximate surface area is 191 Å². The predicted molar refractivity (Wildman–Crippen MR) is 128 cm³/mol. The largest absolute Gasteiger partial charge is 0.493 e. The Hall–Kier alpha value is -4.11. The maximum absolute atomic E-state index is 13.2. The van der Waals surface area contributed by atoms with Gasteiger partial charge in [0, 0.05) is 15.8 Å². The van der Waals surface area contributed by atoms with Crippen molar-refractivity contribution in [3.05, 3.63) is 75.7 Å². The first kappa shape index (κ1) is 20.8. The van der Waals surface area contributed by atoms with E-state index >= 15 is 0 Å². The fourth-order valence-electron chi connectivity index (χ4n) is 3.92. The maximum atomic E-state index is 13.2. The minimum Gasteiger partial charge on any atom is -0.493 e. The Kier molecular flexibility index (Phi) is 5.10. The number of benzene rings is 2.